The van der Waals surface area contributed by atoms with Crippen molar-refractivity contribution < 1.29 is 23.7 Å². The van der Waals surface area contributed by atoms with Crippen LogP contribution in [0, 0.1) is 0 Å². The van der Waals surface area contributed by atoms with Crippen LogP contribution in [-0.4, -0.2) is 52.5 Å². The highest BCUT2D eigenvalue weighted by atomic mass is 16.6. The fraction of sp³-hybridized carbons (Fsp3) is 0.759. The molecule has 0 unspecified atom stereocenters. The van der Waals surface area contributed by atoms with Crippen LogP contribution < -0.4 is 4.74 Å². The Labute approximate surface area is 208 Å². The Hall–Kier alpha value is -1.43. The van der Waals surface area contributed by atoms with E-state index in [1.807, 2.05) is 0 Å². The van der Waals surface area contributed by atoms with Crippen LogP contribution in [0.1, 0.15) is 107 Å². The number of benzene rings is 1. The van der Waals surface area contributed by atoms with Crippen LogP contribution in [0.4, 0.5) is 0 Å². The molecule has 5 nitrogen and oxygen atoms in total. The van der Waals surface area contributed by atoms with E-state index in [1.165, 1.54) is 83.5 Å². The lowest BCUT2D eigenvalue weighted by atomic mass is 10.0. The monoisotopic (exact) mass is 478 g/mol. The SMILES string of the molecule is CCCCCCCCCCCCCCCCOCCOCCOCCOc1ccc(C=O)cc1. The number of hydrogen-bond donors (Lipinski definition) is 0. The van der Waals surface area contributed by atoms with Gasteiger partial charge in [-0.3, -0.25) is 4.79 Å². The minimum absolute atomic E-state index is 0.475. The average Bonchev–Trinajstić information content (AvgIpc) is 2.87. The highest BCUT2D eigenvalue weighted by Crippen LogP contribution is 2.13. The number of carbonyl (C=O) groups is 1. The normalized spacial score (nSPS) is 11.1. The Morgan fingerprint density at radius 2 is 0.941 bits per heavy atom. The summed E-state index contributed by atoms with van der Waals surface area (Å²) in [5, 5.41) is 0. The topological polar surface area (TPSA) is 54.0 Å². The third kappa shape index (κ3) is 20.0. The number of hydrogen-bond acceptors (Lipinski definition) is 5. The van der Waals surface area contributed by atoms with Gasteiger partial charge in [-0.25, -0.2) is 0 Å². The first-order chi connectivity index (χ1) is 16.9. The predicted octanol–water partition coefficient (Wildman–Crippen LogP) is 7.41. The van der Waals surface area contributed by atoms with E-state index in [2.05, 4.69) is 6.92 Å². The molecule has 1 aromatic carbocycles. The Balaban J connectivity index is 1.68. The molecule has 34 heavy (non-hydrogen) atoms. The van der Waals surface area contributed by atoms with Gasteiger partial charge in [0.05, 0.1) is 33.0 Å². The fourth-order valence-electron chi connectivity index (χ4n) is 3.80. The maximum absolute atomic E-state index is 10.6. The quantitative estimate of drug-likeness (QED) is 0.102. The number of aldehydes is 1. The summed E-state index contributed by atoms with van der Waals surface area (Å²) in [6.07, 6.45) is 20.1. The molecule has 0 N–H and O–H groups in total. The van der Waals surface area contributed by atoms with Crippen LogP contribution in [0.2, 0.25) is 0 Å². The molecule has 196 valence electrons. The number of unbranched alkanes of at least 4 members (excludes halogenated alkanes) is 13. The first-order valence-corrected chi connectivity index (χ1v) is 13.8. The van der Waals surface area contributed by atoms with E-state index < -0.39 is 0 Å². The van der Waals surface area contributed by atoms with Gasteiger partial charge in [-0.2, -0.15) is 0 Å². The summed E-state index contributed by atoms with van der Waals surface area (Å²) in [6, 6.07) is 7.04. The van der Waals surface area contributed by atoms with Gasteiger partial charge in [0.2, 0.25) is 0 Å². The first kappa shape index (κ1) is 30.6. The summed E-state index contributed by atoms with van der Waals surface area (Å²) >= 11 is 0. The highest BCUT2D eigenvalue weighted by Gasteiger charge is 1.97. The van der Waals surface area contributed by atoms with Gasteiger partial charge in [0.1, 0.15) is 18.6 Å². The van der Waals surface area contributed by atoms with Gasteiger partial charge in [-0.15, -0.1) is 0 Å². The molecule has 0 aliphatic carbocycles. The molecule has 1 rings (SSSR count). The lowest BCUT2D eigenvalue weighted by Gasteiger charge is -2.08. The van der Waals surface area contributed by atoms with Crippen molar-refractivity contribution in [1.82, 2.24) is 0 Å². The molecule has 0 radical (unpaired) electrons. The molecule has 0 aliphatic rings. The third-order valence-corrected chi connectivity index (χ3v) is 5.90. The number of ether oxygens (including phenoxy) is 4. The average molecular weight is 479 g/mol. The number of rotatable bonds is 26. The van der Waals surface area contributed by atoms with Crippen LogP contribution in [0.15, 0.2) is 24.3 Å². The molecule has 0 saturated heterocycles. The van der Waals surface area contributed by atoms with Crippen molar-refractivity contribution >= 4 is 6.29 Å². The van der Waals surface area contributed by atoms with E-state index in [0.29, 0.717) is 45.2 Å². The van der Waals surface area contributed by atoms with Crippen LogP contribution in [0.3, 0.4) is 0 Å². The lowest BCUT2D eigenvalue weighted by molar-refractivity contribution is 0.00878. The highest BCUT2D eigenvalue weighted by molar-refractivity contribution is 5.74. The summed E-state index contributed by atoms with van der Waals surface area (Å²) in [6.45, 7) is 6.48. The molecule has 0 atom stereocenters. The molecule has 1 aromatic rings. The second-order valence-electron chi connectivity index (χ2n) is 8.97. The zero-order chi connectivity index (χ0) is 24.4. The molecule has 0 amide bonds. The van der Waals surface area contributed by atoms with Crippen molar-refractivity contribution in [2.75, 3.05) is 46.2 Å². The predicted molar refractivity (Wildman–Crippen MR) is 140 cm³/mol. The largest absolute Gasteiger partial charge is 0.491 e. The Kier molecular flexibility index (Phi) is 22.2. The minimum Gasteiger partial charge on any atom is -0.491 e. The summed E-state index contributed by atoms with van der Waals surface area (Å²) < 4.78 is 22.2. The van der Waals surface area contributed by atoms with Gasteiger partial charge in [0.15, 0.2) is 0 Å². The second-order valence-corrected chi connectivity index (χ2v) is 8.97. The van der Waals surface area contributed by atoms with Crippen LogP contribution in [0.5, 0.6) is 5.75 Å². The van der Waals surface area contributed by atoms with E-state index >= 15 is 0 Å². The van der Waals surface area contributed by atoms with Gasteiger partial charge in [0.25, 0.3) is 0 Å². The van der Waals surface area contributed by atoms with E-state index in [4.69, 9.17) is 18.9 Å². The molecular weight excluding hydrogens is 428 g/mol. The summed E-state index contributed by atoms with van der Waals surface area (Å²) in [5.41, 5.74) is 0.643. The molecular formula is C29H50O5. The number of carbonyl (C=O) groups excluding carboxylic acids is 1. The van der Waals surface area contributed by atoms with E-state index in [1.54, 1.807) is 24.3 Å². The van der Waals surface area contributed by atoms with E-state index in [9.17, 15) is 4.79 Å². The zero-order valence-electron chi connectivity index (χ0n) is 21.8. The Morgan fingerprint density at radius 3 is 1.41 bits per heavy atom. The molecule has 5 heteroatoms. The zero-order valence-corrected chi connectivity index (χ0v) is 21.8. The van der Waals surface area contributed by atoms with Crippen molar-refractivity contribution in [3.63, 3.8) is 0 Å². The van der Waals surface area contributed by atoms with Crippen molar-refractivity contribution in [2.45, 2.75) is 96.8 Å². The molecule has 0 spiro atoms. The van der Waals surface area contributed by atoms with Crippen molar-refractivity contribution in [1.29, 1.82) is 0 Å². The van der Waals surface area contributed by atoms with E-state index in [-0.39, 0.29) is 0 Å². The smallest absolute Gasteiger partial charge is 0.150 e. The van der Waals surface area contributed by atoms with Gasteiger partial charge in [-0.1, -0.05) is 90.4 Å². The van der Waals surface area contributed by atoms with Crippen LogP contribution in [0.25, 0.3) is 0 Å². The van der Waals surface area contributed by atoms with Crippen LogP contribution >= 0.6 is 0 Å². The van der Waals surface area contributed by atoms with Gasteiger partial charge >= 0.3 is 0 Å². The van der Waals surface area contributed by atoms with Gasteiger partial charge in [-0.05, 0) is 30.7 Å². The summed E-state index contributed by atoms with van der Waals surface area (Å²) in [4.78, 5) is 10.6. The molecule has 0 bridgehead atoms. The van der Waals surface area contributed by atoms with Crippen molar-refractivity contribution in [3.8, 4) is 5.75 Å². The molecule has 0 aromatic heterocycles. The summed E-state index contributed by atoms with van der Waals surface area (Å²) in [7, 11) is 0. The first-order valence-electron chi connectivity index (χ1n) is 13.8. The molecule has 0 aliphatic heterocycles. The lowest BCUT2D eigenvalue weighted by Crippen LogP contribution is -2.13. The van der Waals surface area contributed by atoms with Crippen molar-refractivity contribution in [2.24, 2.45) is 0 Å². The minimum atomic E-state index is 0.475. The Bertz CT molecular complexity index is 546. The molecule has 0 saturated carbocycles. The third-order valence-electron chi connectivity index (χ3n) is 5.90. The van der Waals surface area contributed by atoms with Crippen LogP contribution in [-0.2, 0) is 14.2 Å². The maximum Gasteiger partial charge on any atom is 0.150 e. The standard InChI is InChI=1S/C29H50O5/c1-2-3-4-5-6-7-8-9-10-11-12-13-14-15-20-31-21-22-32-23-24-33-25-26-34-29-18-16-28(27-30)17-19-29/h16-19,27H,2-15,20-26H2,1H3. The molecule has 0 heterocycles. The molecule has 0 fully saturated rings. The fourth-order valence-corrected chi connectivity index (χ4v) is 3.80. The summed E-state index contributed by atoms with van der Waals surface area (Å²) in [5.74, 6) is 0.737. The van der Waals surface area contributed by atoms with E-state index in [0.717, 1.165) is 25.1 Å². The van der Waals surface area contributed by atoms with Crippen molar-refractivity contribution in [3.05, 3.63) is 29.8 Å². The van der Waals surface area contributed by atoms with Gasteiger partial charge in [0, 0.05) is 12.2 Å². The van der Waals surface area contributed by atoms with Gasteiger partial charge < -0.3 is 18.9 Å². The maximum atomic E-state index is 10.6. The Morgan fingerprint density at radius 1 is 0.529 bits per heavy atom. The second kappa shape index (κ2) is 24.7.